The molecule has 37 heavy (non-hydrogen) atoms. The number of hydrazone groups is 1. The summed E-state index contributed by atoms with van der Waals surface area (Å²) in [6, 6.07) is 22.8. The van der Waals surface area contributed by atoms with Crippen molar-refractivity contribution < 1.29 is 23.8 Å². The first-order chi connectivity index (χ1) is 17.8. The number of ether oxygens (including phenoxy) is 3. The summed E-state index contributed by atoms with van der Waals surface area (Å²) in [5, 5.41) is 6.67. The highest BCUT2D eigenvalue weighted by Crippen LogP contribution is 2.29. The van der Waals surface area contributed by atoms with Gasteiger partial charge in [0.1, 0.15) is 5.75 Å². The maximum Gasteiger partial charge on any atom is 0.343 e. The Morgan fingerprint density at radius 1 is 0.892 bits per heavy atom. The zero-order valence-electron chi connectivity index (χ0n) is 19.9. The Hall–Kier alpha value is -4.07. The summed E-state index contributed by atoms with van der Waals surface area (Å²) >= 11 is 11.9. The molecular formula is C28H22Cl2N2O5. The Morgan fingerprint density at radius 2 is 1.68 bits per heavy atom. The minimum Gasteiger partial charge on any atom is -0.493 e. The van der Waals surface area contributed by atoms with Crippen LogP contribution in [0.3, 0.4) is 0 Å². The third-order valence-electron chi connectivity index (χ3n) is 5.34. The molecule has 1 unspecified atom stereocenters. The minimum atomic E-state index is -0.768. The number of hydrogen-bond acceptors (Lipinski definition) is 6. The third kappa shape index (κ3) is 6.58. The summed E-state index contributed by atoms with van der Waals surface area (Å²) in [6.07, 6.45) is 0.671. The van der Waals surface area contributed by atoms with Crippen LogP contribution in [0.15, 0.2) is 84.0 Å². The number of nitrogens with zero attached hydrogens (tertiary/aromatic N) is 1. The molecule has 9 heteroatoms. The van der Waals surface area contributed by atoms with Crippen molar-refractivity contribution in [2.75, 3.05) is 7.11 Å². The van der Waals surface area contributed by atoms with Crippen molar-refractivity contribution >= 4 is 52.1 Å². The molecule has 0 aliphatic rings. The summed E-state index contributed by atoms with van der Waals surface area (Å²) in [4.78, 5) is 24.9. The first-order valence-electron chi connectivity index (χ1n) is 11.2. The first kappa shape index (κ1) is 26.0. The number of carbonyl (C=O) groups excluding carboxylic acids is 2. The second kappa shape index (κ2) is 11.8. The standard InChI is InChI=1S/C28H22Cl2N2O5/c1-17(36-22-10-8-19-5-3-4-6-20(19)14-22)27(33)32-31-16-18-7-12-25(26(13-18)35-2)37-28(34)21-9-11-23(29)24(30)15-21/h3-17H,1-2H3,(H,32,33)/b31-16+. The number of fused-ring (bicyclic) bond motifs is 1. The molecule has 188 valence electrons. The van der Waals surface area contributed by atoms with Crippen LogP contribution < -0.4 is 19.6 Å². The molecule has 1 atom stereocenters. The van der Waals surface area contributed by atoms with Crippen LogP contribution >= 0.6 is 23.2 Å². The molecule has 0 saturated heterocycles. The van der Waals surface area contributed by atoms with Gasteiger partial charge in [0.2, 0.25) is 0 Å². The summed E-state index contributed by atoms with van der Waals surface area (Å²) < 4.78 is 16.5. The van der Waals surface area contributed by atoms with E-state index in [2.05, 4.69) is 10.5 Å². The van der Waals surface area contributed by atoms with E-state index >= 15 is 0 Å². The molecule has 1 amide bonds. The van der Waals surface area contributed by atoms with Gasteiger partial charge in [0, 0.05) is 0 Å². The lowest BCUT2D eigenvalue weighted by Crippen LogP contribution is -2.33. The van der Waals surface area contributed by atoms with E-state index in [9.17, 15) is 9.59 Å². The van der Waals surface area contributed by atoms with Gasteiger partial charge in [-0.25, -0.2) is 10.2 Å². The Balaban J connectivity index is 1.36. The molecule has 0 aromatic heterocycles. The lowest BCUT2D eigenvalue weighted by atomic mass is 10.1. The van der Waals surface area contributed by atoms with Crippen molar-refractivity contribution in [2.24, 2.45) is 5.10 Å². The number of methoxy groups -OCH3 is 1. The van der Waals surface area contributed by atoms with Crippen LogP contribution in [0.4, 0.5) is 0 Å². The quantitative estimate of drug-likeness (QED) is 0.124. The van der Waals surface area contributed by atoms with Gasteiger partial charge in [0.25, 0.3) is 5.91 Å². The monoisotopic (exact) mass is 536 g/mol. The van der Waals surface area contributed by atoms with Gasteiger partial charge in [-0.05, 0) is 71.8 Å². The molecule has 0 saturated carbocycles. The predicted molar refractivity (Wildman–Crippen MR) is 144 cm³/mol. The fourth-order valence-corrected chi connectivity index (χ4v) is 3.69. The average molecular weight is 537 g/mol. The number of hydrogen-bond donors (Lipinski definition) is 1. The van der Waals surface area contributed by atoms with Gasteiger partial charge in [0.05, 0.1) is 28.9 Å². The molecule has 0 radical (unpaired) electrons. The fraction of sp³-hybridized carbons (Fsp3) is 0.107. The number of carbonyl (C=O) groups is 2. The average Bonchev–Trinajstić information content (AvgIpc) is 2.90. The van der Waals surface area contributed by atoms with Crippen molar-refractivity contribution in [3.8, 4) is 17.2 Å². The number of benzene rings is 4. The highest BCUT2D eigenvalue weighted by molar-refractivity contribution is 6.42. The smallest absolute Gasteiger partial charge is 0.343 e. The number of nitrogens with one attached hydrogen (secondary N) is 1. The van der Waals surface area contributed by atoms with Gasteiger partial charge in [-0.15, -0.1) is 0 Å². The number of esters is 1. The van der Waals surface area contributed by atoms with Gasteiger partial charge in [-0.3, -0.25) is 4.79 Å². The second-order valence-electron chi connectivity index (χ2n) is 7.93. The summed E-state index contributed by atoms with van der Waals surface area (Å²) in [7, 11) is 1.44. The Labute approximate surface area is 223 Å². The fourth-order valence-electron chi connectivity index (χ4n) is 3.39. The Bertz CT molecular complexity index is 1490. The van der Waals surface area contributed by atoms with E-state index in [-0.39, 0.29) is 16.3 Å². The SMILES string of the molecule is COc1cc(/C=N/NC(=O)C(C)Oc2ccc3ccccc3c2)ccc1OC(=O)c1ccc(Cl)c(Cl)c1. The highest BCUT2D eigenvalue weighted by atomic mass is 35.5. The maximum atomic E-state index is 12.5. The van der Waals surface area contributed by atoms with Gasteiger partial charge in [0.15, 0.2) is 17.6 Å². The van der Waals surface area contributed by atoms with E-state index in [0.717, 1.165) is 10.8 Å². The summed E-state index contributed by atoms with van der Waals surface area (Å²) in [6.45, 7) is 1.64. The van der Waals surface area contributed by atoms with Crippen LogP contribution in [0.2, 0.25) is 10.0 Å². The third-order valence-corrected chi connectivity index (χ3v) is 6.08. The van der Waals surface area contributed by atoms with Crippen LogP contribution in [0.1, 0.15) is 22.8 Å². The van der Waals surface area contributed by atoms with Gasteiger partial charge in [-0.2, -0.15) is 5.10 Å². The van der Waals surface area contributed by atoms with Crippen LogP contribution in [0.5, 0.6) is 17.2 Å². The van der Waals surface area contributed by atoms with Crippen LogP contribution in [-0.2, 0) is 4.79 Å². The zero-order valence-corrected chi connectivity index (χ0v) is 21.4. The highest BCUT2D eigenvalue weighted by Gasteiger charge is 2.16. The molecule has 0 aliphatic carbocycles. The molecule has 4 aromatic rings. The van der Waals surface area contributed by atoms with E-state index < -0.39 is 18.0 Å². The van der Waals surface area contributed by atoms with E-state index in [4.69, 9.17) is 37.4 Å². The number of halogens is 2. The Morgan fingerprint density at radius 3 is 2.43 bits per heavy atom. The van der Waals surface area contributed by atoms with E-state index in [1.165, 1.54) is 31.5 Å². The molecule has 4 rings (SSSR count). The summed E-state index contributed by atoms with van der Waals surface area (Å²) in [5.74, 6) is 0.0597. The lowest BCUT2D eigenvalue weighted by Gasteiger charge is -2.13. The van der Waals surface area contributed by atoms with Gasteiger partial charge >= 0.3 is 5.97 Å². The Kier molecular flexibility index (Phi) is 8.28. The van der Waals surface area contributed by atoms with Crippen molar-refractivity contribution in [3.05, 3.63) is 100 Å². The lowest BCUT2D eigenvalue weighted by molar-refractivity contribution is -0.127. The predicted octanol–water partition coefficient (Wildman–Crippen LogP) is 6.29. The molecule has 0 bridgehead atoms. The van der Waals surface area contributed by atoms with E-state index in [1.54, 1.807) is 25.1 Å². The molecular weight excluding hydrogens is 515 g/mol. The second-order valence-corrected chi connectivity index (χ2v) is 8.75. The molecule has 7 nitrogen and oxygen atoms in total. The number of amides is 1. The van der Waals surface area contributed by atoms with Crippen molar-refractivity contribution in [1.29, 1.82) is 0 Å². The molecule has 4 aromatic carbocycles. The van der Waals surface area contributed by atoms with Crippen molar-refractivity contribution in [1.82, 2.24) is 5.43 Å². The normalized spacial score (nSPS) is 11.8. The van der Waals surface area contributed by atoms with E-state index in [1.807, 2.05) is 42.5 Å². The van der Waals surface area contributed by atoms with Gasteiger partial charge in [-0.1, -0.05) is 53.5 Å². The molecule has 0 aliphatic heterocycles. The van der Waals surface area contributed by atoms with Crippen LogP contribution in [0, 0.1) is 0 Å². The topological polar surface area (TPSA) is 86.2 Å². The van der Waals surface area contributed by atoms with Crippen molar-refractivity contribution in [2.45, 2.75) is 13.0 Å². The van der Waals surface area contributed by atoms with Crippen molar-refractivity contribution in [3.63, 3.8) is 0 Å². The first-order valence-corrected chi connectivity index (χ1v) is 11.9. The van der Waals surface area contributed by atoms with E-state index in [0.29, 0.717) is 22.1 Å². The molecule has 1 N–H and O–H groups in total. The zero-order chi connectivity index (χ0) is 26.4. The summed E-state index contributed by atoms with van der Waals surface area (Å²) in [5.41, 5.74) is 3.31. The largest absolute Gasteiger partial charge is 0.493 e. The molecule has 0 fully saturated rings. The maximum absolute atomic E-state index is 12.5. The van der Waals surface area contributed by atoms with Crippen LogP contribution in [-0.4, -0.2) is 31.3 Å². The molecule has 0 heterocycles. The minimum absolute atomic E-state index is 0.206. The van der Waals surface area contributed by atoms with Crippen LogP contribution in [0.25, 0.3) is 10.8 Å². The van der Waals surface area contributed by atoms with Gasteiger partial charge < -0.3 is 14.2 Å². The molecule has 0 spiro atoms. The number of rotatable bonds is 8.